The molecule has 0 aliphatic carbocycles. The smallest absolute Gasteiger partial charge is 0.208 e. The molecule has 0 bridgehead atoms. The summed E-state index contributed by atoms with van der Waals surface area (Å²) in [6.45, 7) is 4.51. The van der Waals surface area contributed by atoms with Gasteiger partial charge in [-0.1, -0.05) is 30.3 Å². The second-order valence-corrected chi connectivity index (χ2v) is 5.24. The Morgan fingerprint density at radius 1 is 1.32 bits per heavy atom. The summed E-state index contributed by atoms with van der Waals surface area (Å²) in [4.78, 5) is 6.57. The third-order valence-corrected chi connectivity index (χ3v) is 3.70. The highest BCUT2D eigenvalue weighted by Gasteiger charge is 2.31. The van der Waals surface area contributed by atoms with Crippen LogP contribution in [-0.4, -0.2) is 29.0 Å². The molecule has 0 saturated carbocycles. The molecule has 1 fully saturated rings. The van der Waals surface area contributed by atoms with Crippen molar-refractivity contribution in [1.82, 2.24) is 9.88 Å². The molecule has 2 aromatic rings. The first-order chi connectivity index (χ1) is 9.22. The van der Waals surface area contributed by atoms with Crippen LogP contribution in [0.25, 0.3) is 0 Å². The molecule has 3 rings (SSSR count). The minimum atomic E-state index is 0.179. The van der Waals surface area contributed by atoms with Crippen LogP contribution in [0.2, 0.25) is 0 Å². The molecular formula is C15H19N3O. The SMILES string of the molecule is Cc1cnc(CN2C[C@@H](N)[C@H](c3ccccc3)C2)o1. The highest BCUT2D eigenvalue weighted by atomic mass is 16.4. The number of benzene rings is 1. The Kier molecular flexibility index (Phi) is 3.36. The summed E-state index contributed by atoms with van der Waals surface area (Å²) in [6, 6.07) is 10.7. The van der Waals surface area contributed by atoms with Gasteiger partial charge in [-0.05, 0) is 12.5 Å². The van der Waals surface area contributed by atoms with Crippen LogP contribution in [0.5, 0.6) is 0 Å². The summed E-state index contributed by atoms with van der Waals surface area (Å²) < 4.78 is 5.53. The lowest BCUT2D eigenvalue weighted by Crippen LogP contribution is -2.28. The minimum absolute atomic E-state index is 0.179. The van der Waals surface area contributed by atoms with Gasteiger partial charge in [0, 0.05) is 25.0 Å². The number of nitrogens with two attached hydrogens (primary N) is 1. The van der Waals surface area contributed by atoms with E-state index in [1.165, 1.54) is 5.56 Å². The summed E-state index contributed by atoms with van der Waals surface area (Å²) in [5.41, 5.74) is 7.59. The molecule has 2 atom stereocenters. The molecule has 1 aromatic heterocycles. The highest BCUT2D eigenvalue weighted by Crippen LogP contribution is 2.27. The van der Waals surface area contributed by atoms with Gasteiger partial charge in [0.05, 0.1) is 12.7 Å². The second kappa shape index (κ2) is 5.15. The van der Waals surface area contributed by atoms with Crippen LogP contribution in [0.4, 0.5) is 0 Å². The minimum Gasteiger partial charge on any atom is -0.445 e. The standard InChI is InChI=1S/C15H19N3O/c1-11-7-17-15(19-11)10-18-8-13(14(16)9-18)12-5-3-2-4-6-12/h2-7,13-14H,8-10,16H2,1H3/t13-,14+/m0/s1. The number of hydrogen-bond donors (Lipinski definition) is 1. The van der Waals surface area contributed by atoms with Gasteiger partial charge in [0.2, 0.25) is 5.89 Å². The number of hydrogen-bond acceptors (Lipinski definition) is 4. The zero-order valence-corrected chi connectivity index (χ0v) is 11.1. The first-order valence-electron chi connectivity index (χ1n) is 6.66. The van der Waals surface area contributed by atoms with Gasteiger partial charge in [0.25, 0.3) is 0 Å². The Bertz CT molecular complexity index is 537. The van der Waals surface area contributed by atoms with Crippen molar-refractivity contribution >= 4 is 0 Å². The van der Waals surface area contributed by atoms with Crippen LogP contribution in [0.3, 0.4) is 0 Å². The highest BCUT2D eigenvalue weighted by molar-refractivity contribution is 5.23. The molecule has 0 radical (unpaired) electrons. The molecular weight excluding hydrogens is 238 g/mol. The predicted molar refractivity (Wildman–Crippen MR) is 73.7 cm³/mol. The van der Waals surface area contributed by atoms with Crippen molar-refractivity contribution in [3.05, 3.63) is 53.7 Å². The van der Waals surface area contributed by atoms with Gasteiger partial charge in [0.1, 0.15) is 5.76 Å². The summed E-state index contributed by atoms with van der Waals surface area (Å²) in [5.74, 6) is 2.04. The Morgan fingerprint density at radius 2 is 2.11 bits per heavy atom. The van der Waals surface area contributed by atoms with Crippen LogP contribution in [0.15, 0.2) is 40.9 Å². The molecule has 100 valence electrons. The van der Waals surface area contributed by atoms with Crippen molar-refractivity contribution in [2.45, 2.75) is 25.4 Å². The van der Waals surface area contributed by atoms with Gasteiger partial charge >= 0.3 is 0 Å². The zero-order valence-electron chi connectivity index (χ0n) is 11.1. The van der Waals surface area contributed by atoms with Gasteiger partial charge in [0.15, 0.2) is 0 Å². The van der Waals surface area contributed by atoms with E-state index >= 15 is 0 Å². The van der Waals surface area contributed by atoms with Crippen LogP contribution < -0.4 is 5.73 Å². The maximum absolute atomic E-state index is 6.27. The van der Waals surface area contributed by atoms with Crippen molar-refractivity contribution in [2.75, 3.05) is 13.1 Å². The largest absolute Gasteiger partial charge is 0.445 e. The molecule has 1 aromatic carbocycles. The topological polar surface area (TPSA) is 55.3 Å². The molecule has 4 heteroatoms. The van der Waals surface area contributed by atoms with Gasteiger partial charge in [-0.2, -0.15) is 0 Å². The Labute approximate surface area is 113 Å². The fourth-order valence-electron chi connectivity index (χ4n) is 2.76. The van der Waals surface area contributed by atoms with Gasteiger partial charge in [-0.3, -0.25) is 4.90 Å². The van der Waals surface area contributed by atoms with Crippen molar-refractivity contribution in [1.29, 1.82) is 0 Å². The number of rotatable bonds is 3. The van der Waals surface area contributed by atoms with Crippen LogP contribution in [0, 0.1) is 6.92 Å². The lowest BCUT2D eigenvalue weighted by Gasteiger charge is -2.14. The second-order valence-electron chi connectivity index (χ2n) is 5.24. The fourth-order valence-corrected chi connectivity index (χ4v) is 2.76. The molecule has 0 spiro atoms. The van der Waals surface area contributed by atoms with Crippen LogP contribution in [-0.2, 0) is 6.54 Å². The van der Waals surface area contributed by atoms with E-state index in [1.54, 1.807) is 6.20 Å². The molecule has 2 N–H and O–H groups in total. The molecule has 19 heavy (non-hydrogen) atoms. The first kappa shape index (κ1) is 12.4. The zero-order chi connectivity index (χ0) is 13.2. The number of nitrogens with zero attached hydrogens (tertiary/aromatic N) is 2. The van der Waals surface area contributed by atoms with E-state index in [2.05, 4.69) is 34.1 Å². The number of aryl methyl sites for hydroxylation is 1. The van der Waals surface area contributed by atoms with Crippen LogP contribution >= 0.6 is 0 Å². The summed E-state index contributed by atoms with van der Waals surface area (Å²) >= 11 is 0. The molecule has 2 heterocycles. The van der Waals surface area contributed by atoms with Gasteiger partial charge in [-0.25, -0.2) is 4.98 Å². The van der Waals surface area contributed by atoms with Crippen molar-refractivity contribution in [3.63, 3.8) is 0 Å². The predicted octanol–water partition coefficient (Wildman–Crippen LogP) is 1.91. The molecule has 0 unspecified atom stereocenters. The monoisotopic (exact) mass is 257 g/mol. The third-order valence-electron chi connectivity index (χ3n) is 3.70. The Hall–Kier alpha value is -1.65. The van der Waals surface area contributed by atoms with Gasteiger partial charge in [-0.15, -0.1) is 0 Å². The van der Waals surface area contributed by atoms with Gasteiger partial charge < -0.3 is 10.2 Å². The van der Waals surface area contributed by atoms with E-state index in [1.807, 2.05) is 13.0 Å². The normalized spacial score (nSPS) is 23.9. The van der Waals surface area contributed by atoms with Crippen molar-refractivity contribution < 1.29 is 4.42 Å². The fraction of sp³-hybridized carbons (Fsp3) is 0.400. The average Bonchev–Trinajstić information content (AvgIpc) is 2.97. The number of oxazole rings is 1. The quantitative estimate of drug-likeness (QED) is 0.912. The molecule has 1 saturated heterocycles. The molecule has 4 nitrogen and oxygen atoms in total. The maximum atomic E-state index is 6.27. The maximum Gasteiger partial charge on any atom is 0.208 e. The molecule has 1 aliphatic heterocycles. The van der Waals surface area contributed by atoms with E-state index < -0.39 is 0 Å². The Balaban J connectivity index is 1.68. The lowest BCUT2D eigenvalue weighted by atomic mass is 9.95. The lowest BCUT2D eigenvalue weighted by molar-refractivity contribution is 0.282. The first-order valence-corrected chi connectivity index (χ1v) is 6.66. The van der Waals surface area contributed by atoms with Crippen LogP contribution in [0.1, 0.15) is 23.1 Å². The summed E-state index contributed by atoms with van der Waals surface area (Å²) in [5, 5.41) is 0. The average molecular weight is 257 g/mol. The van der Waals surface area contributed by atoms with E-state index in [0.29, 0.717) is 5.92 Å². The van der Waals surface area contributed by atoms with E-state index in [4.69, 9.17) is 10.2 Å². The van der Waals surface area contributed by atoms with E-state index in [0.717, 1.165) is 31.3 Å². The molecule has 1 aliphatic rings. The van der Waals surface area contributed by atoms with Crippen molar-refractivity contribution in [2.24, 2.45) is 5.73 Å². The summed E-state index contributed by atoms with van der Waals surface area (Å²) in [7, 11) is 0. The third kappa shape index (κ3) is 2.69. The summed E-state index contributed by atoms with van der Waals surface area (Å²) in [6.07, 6.45) is 1.76. The van der Waals surface area contributed by atoms with E-state index in [-0.39, 0.29) is 6.04 Å². The number of aromatic nitrogens is 1. The number of likely N-dealkylation sites (tertiary alicyclic amines) is 1. The van der Waals surface area contributed by atoms with E-state index in [9.17, 15) is 0 Å². The van der Waals surface area contributed by atoms with Crippen molar-refractivity contribution in [3.8, 4) is 0 Å². The Morgan fingerprint density at radius 3 is 2.79 bits per heavy atom. The molecule has 0 amide bonds.